The van der Waals surface area contributed by atoms with E-state index in [1.54, 1.807) is 19.2 Å². The molecule has 122 valence electrons. The molecule has 1 heterocycles. The van der Waals surface area contributed by atoms with E-state index < -0.39 is 7.12 Å². The van der Waals surface area contributed by atoms with E-state index in [-0.39, 0.29) is 0 Å². The molecule has 0 spiro atoms. The Morgan fingerprint density at radius 3 is 2.46 bits per heavy atom. The zero-order valence-corrected chi connectivity index (χ0v) is 13.7. The Labute approximate surface area is 140 Å². The zero-order chi connectivity index (χ0) is 17.4. The summed E-state index contributed by atoms with van der Waals surface area (Å²) in [5, 5.41) is 28.9. The van der Waals surface area contributed by atoms with E-state index in [4.69, 9.17) is 10.5 Å². The van der Waals surface area contributed by atoms with Gasteiger partial charge in [-0.15, -0.1) is 5.10 Å². The van der Waals surface area contributed by atoms with Crippen LogP contribution in [0.25, 0.3) is 21.9 Å². The van der Waals surface area contributed by atoms with Gasteiger partial charge in [0.15, 0.2) is 5.82 Å². The molecule has 0 aliphatic rings. The number of nitrogens with two attached hydrogens (primary N) is 1. The number of aromatic nitrogens is 2. The van der Waals surface area contributed by atoms with Crippen molar-refractivity contribution in [1.82, 2.24) is 10.2 Å². The summed E-state index contributed by atoms with van der Waals surface area (Å²) in [4.78, 5) is 0. The standard InChI is InChI=1S/C17H18BN3O3/c1-9-6-16(24-3)14(8-15(9)18(22)23)11-4-5-12-13(7-11)10(2)20-21-17(12)19/h4-8,22-23H,1-3H3,(H2,19,21). The van der Waals surface area contributed by atoms with Crippen molar-refractivity contribution in [2.45, 2.75) is 13.8 Å². The van der Waals surface area contributed by atoms with Crippen molar-refractivity contribution >= 4 is 29.2 Å². The smallest absolute Gasteiger partial charge is 0.488 e. The maximum atomic E-state index is 9.57. The normalized spacial score (nSPS) is 10.9. The Morgan fingerprint density at radius 2 is 1.79 bits per heavy atom. The molecule has 0 aliphatic carbocycles. The number of anilines is 1. The van der Waals surface area contributed by atoms with Crippen LogP contribution in [0.5, 0.6) is 5.75 Å². The molecule has 24 heavy (non-hydrogen) atoms. The number of hydrogen-bond acceptors (Lipinski definition) is 6. The number of ether oxygens (including phenoxy) is 1. The van der Waals surface area contributed by atoms with Gasteiger partial charge in [-0.05, 0) is 48.6 Å². The molecule has 0 radical (unpaired) electrons. The maximum absolute atomic E-state index is 9.57. The highest BCUT2D eigenvalue weighted by atomic mass is 16.5. The van der Waals surface area contributed by atoms with Crippen molar-refractivity contribution in [3.8, 4) is 16.9 Å². The van der Waals surface area contributed by atoms with Crippen molar-refractivity contribution in [3.63, 3.8) is 0 Å². The fraction of sp³-hybridized carbons (Fsp3) is 0.176. The Hall–Kier alpha value is -2.64. The third-order valence-electron chi connectivity index (χ3n) is 4.17. The number of aryl methyl sites for hydroxylation is 2. The van der Waals surface area contributed by atoms with Crippen molar-refractivity contribution in [2.24, 2.45) is 0 Å². The van der Waals surface area contributed by atoms with Crippen LogP contribution in [0.3, 0.4) is 0 Å². The molecule has 0 amide bonds. The lowest BCUT2D eigenvalue weighted by atomic mass is 9.76. The molecule has 0 saturated carbocycles. The van der Waals surface area contributed by atoms with Gasteiger partial charge >= 0.3 is 7.12 Å². The summed E-state index contributed by atoms with van der Waals surface area (Å²) < 4.78 is 5.47. The Morgan fingerprint density at radius 1 is 1.04 bits per heavy atom. The first-order chi connectivity index (χ1) is 11.4. The van der Waals surface area contributed by atoms with Gasteiger partial charge in [0.1, 0.15) is 5.75 Å². The zero-order valence-electron chi connectivity index (χ0n) is 13.7. The number of benzene rings is 2. The quantitative estimate of drug-likeness (QED) is 0.626. The van der Waals surface area contributed by atoms with E-state index in [0.717, 1.165) is 33.2 Å². The minimum Gasteiger partial charge on any atom is -0.496 e. The average Bonchev–Trinajstić information content (AvgIpc) is 2.57. The van der Waals surface area contributed by atoms with Gasteiger partial charge in [-0.2, -0.15) is 5.10 Å². The molecule has 2 aromatic carbocycles. The SMILES string of the molecule is COc1cc(C)c(B(O)O)cc1-c1ccc2c(N)nnc(C)c2c1. The predicted molar refractivity (Wildman–Crippen MR) is 95.2 cm³/mol. The number of methoxy groups -OCH3 is 1. The molecule has 0 bridgehead atoms. The molecule has 7 heteroatoms. The van der Waals surface area contributed by atoms with Gasteiger partial charge in [-0.1, -0.05) is 12.1 Å². The molecule has 4 N–H and O–H groups in total. The molecule has 0 unspecified atom stereocenters. The van der Waals surface area contributed by atoms with Crippen LogP contribution in [-0.4, -0.2) is 34.5 Å². The van der Waals surface area contributed by atoms with E-state index in [1.165, 1.54) is 0 Å². The predicted octanol–water partition coefficient (Wildman–Crippen LogP) is 1.18. The van der Waals surface area contributed by atoms with Crippen molar-refractivity contribution in [2.75, 3.05) is 12.8 Å². The van der Waals surface area contributed by atoms with Crippen LogP contribution in [0, 0.1) is 13.8 Å². The van der Waals surface area contributed by atoms with Gasteiger partial charge in [0, 0.05) is 16.3 Å². The molecule has 0 aliphatic heterocycles. The fourth-order valence-electron chi connectivity index (χ4n) is 2.84. The third kappa shape index (κ3) is 2.68. The molecule has 1 aromatic heterocycles. The van der Waals surface area contributed by atoms with Gasteiger partial charge in [-0.25, -0.2) is 0 Å². The lowest BCUT2D eigenvalue weighted by Gasteiger charge is -2.14. The average molecular weight is 323 g/mol. The lowest BCUT2D eigenvalue weighted by Crippen LogP contribution is -2.32. The van der Waals surface area contributed by atoms with E-state index in [2.05, 4.69) is 10.2 Å². The van der Waals surface area contributed by atoms with E-state index >= 15 is 0 Å². The van der Waals surface area contributed by atoms with Gasteiger partial charge in [0.2, 0.25) is 0 Å². The maximum Gasteiger partial charge on any atom is 0.488 e. The second-order valence-corrected chi connectivity index (χ2v) is 5.71. The van der Waals surface area contributed by atoms with E-state index in [9.17, 15) is 10.0 Å². The number of nitrogen functional groups attached to an aromatic ring is 1. The first-order valence-corrected chi connectivity index (χ1v) is 7.50. The topological polar surface area (TPSA) is 101 Å². The molecule has 3 aromatic rings. The van der Waals surface area contributed by atoms with Crippen LogP contribution in [0.1, 0.15) is 11.3 Å². The number of fused-ring (bicyclic) bond motifs is 1. The highest BCUT2D eigenvalue weighted by molar-refractivity contribution is 6.59. The summed E-state index contributed by atoms with van der Waals surface area (Å²) in [7, 11) is 0.0432. The molecule has 0 fully saturated rings. The van der Waals surface area contributed by atoms with Crippen LogP contribution in [0.15, 0.2) is 30.3 Å². The van der Waals surface area contributed by atoms with Crippen LogP contribution in [0.2, 0.25) is 0 Å². The van der Waals surface area contributed by atoms with Gasteiger partial charge in [0.25, 0.3) is 0 Å². The Balaban J connectivity index is 2.27. The minimum atomic E-state index is -1.54. The largest absolute Gasteiger partial charge is 0.496 e. The highest BCUT2D eigenvalue weighted by Gasteiger charge is 2.18. The molecule has 0 atom stereocenters. The van der Waals surface area contributed by atoms with Crippen molar-refractivity contribution in [3.05, 3.63) is 41.6 Å². The van der Waals surface area contributed by atoms with Crippen LogP contribution in [-0.2, 0) is 0 Å². The van der Waals surface area contributed by atoms with E-state index in [0.29, 0.717) is 17.0 Å². The lowest BCUT2D eigenvalue weighted by molar-refractivity contribution is 0.415. The molecular formula is C17H18BN3O3. The second kappa shape index (κ2) is 6.11. The Bertz CT molecular complexity index is 929. The van der Waals surface area contributed by atoms with Crippen LogP contribution in [0.4, 0.5) is 5.82 Å². The monoisotopic (exact) mass is 323 g/mol. The van der Waals surface area contributed by atoms with E-state index in [1.807, 2.05) is 32.0 Å². The fourth-order valence-corrected chi connectivity index (χ4v) is 2.84. The summed E-state index contributed by atoms with van der Waals surface area (Å²) in [6.45, 7) is 3.68. The van der Waals surface area contributed by atoms with Crippen LogP contribution >= 0.6 is 0 Å². The highest BCUT2D eigenvalue weighted by Crippen LogP contribution is 2.33. The summed E-state index contributed by atoms with van der Waals surface area (Å²) in [5.74, 6) is 1.04. The number of rotatable bonds is 3. The summed E-state index contributed by atoms with van der Waals surface area (Å²) >= 11 is 0. The summed E-state index contributed by atoms with van der Waals surface area (Å²) in [6.07, 6.45) is 0. The number of hydrogen-bond donors (Lipinski definition) is 3. The number of nitrogens with zero attached hydrogens (tertiary/aromatic N) is 2. The van der Waals surface area contributed by atoms with Gasteiger partial charge in [0.05, 0.1) is 12.8 Å². The van der Waals surface area contributed by atoms with Crippen molar-refractivity contribution in [1.29, 1.82) is 0 Å². The van der Waals surface area contributed by atoms with Gasteiger partial charge < -0.3 is 20.5 Å². The second-order valence-electron chi connectivity index (χ2n) is 5.71. The molecule has 3 rings (SSSR count). The first-order valence-electron chi connectivity index (χ1n) is 7.50. The van der Waals surface area contributed by atoms with Gasteiger partial charge in [-0.3, -0.25) is 0 Å². The molecule has 0 saturated heterocycles. The summed E-state index contributed by atoms with van der Waals surface area (Å²) in [6, 6.07) is 9.26. The molecular weight excluding hydrogens is 305 g/mol. The van der Waals surface area contributed by atoms with Crippen molar-refractivity contribution < 1.29 is 14.8 Å². The Kier molecular flexibility index (Phi) is 4.13. The molecule has 6 nitrogen and oxygen atoms in total. The first kappa shape index (κ1) is 16.2. The van der Waals surface area contributed by atoms with Crippen LogP contribution < -0.4 is 15.9 Å². The minimum absolute atomic E-state index is 0.379. The summed E-state index contributed by atoms with van der Waals surface area (Å²) in [5.41, 5.74) is 9.49. The third-order valence-corrected chi connectivity index (χ3v) is 4.17.